The van der Waals surface area contributed by atoms with Crippen LogP contribution in [0.25, 0.3) is 10.8 Å². The van der Waals surface area contributed by atoms with Gasteiger partial charge in [-0.2, -0.15) is 11.8 Å². The minimum atomic E-state index is -0.709. The fourth-order valence-corrected chi connectivity index (χ4v) is 3.53. The third kappa shape index (κ3) is 6.26. The monoisotopic (exact) mass is 423 g/mol. The first-order valence-electron chi connectivity index (χ1n) is 9.77. The van der Waals surface area contributed by atoms with Gasteiger partial charge in [0.25, 0.3) is 5.91 Å². The first kappa shape index (κ1) is 21.7. The van der Waals surface area contributed by atoms with Gasteiger partial charge in [0, 0.05) is 0 Å². The summed E-state index contributed by atoms with van der Waals surface area (Å²) in [4.78, 5) is 25.0. The number of thioether (sulfide) groups is 1. The van der Waals surface area contributed by atoms with Gasteiger partial charge in [-0.15, -0.1) is 0 Å². The fraction of sp³-hybridized carbons (Fsp3) is 0.250. The lowest BCUT2D eigenvalue weighted by atomic mass is 10.1. The van der Waals surface area contributed by atoms with Crippen LogP contribution in [0.4, 0.5) is 0 Å². The molecule has 0 bridgehead atoms. The minimum absolute atomic E-state index is 0.156. The normalized spacial score (nSPS) is 11.6. The summed E-state index contributed by atoms with van der Waals surface area (Å²) in [6.45, 7) is 0.00270. The van der Waals surface area contributed by atoms with E-state index < -0.39 is 12.0 Å². The molecule has 1 N–H and O–H groups in total. The molecule has 3 rings (SSSR count). The van der Waals surface area contributed by atoms with Crippen LogP contribution >= 0.6 is 11.8 Å². The van der Waals surface area contributed by atoms with Crippen LogP contribution in [0.3, 0.4) is 0 Å². The van der Waals surface area contributed by atoms with Gasteiger partial charge in [-0.1, -0.05) is 60.7 Å². The molecule has 0 unspecified atom stereocenters. The van der Waals surface area contributed by atoms with Gasteiger partial charge in [0.05, 0.1) is 0 Å². The lowest BCUT2D eigenvalue weighted by Gasteiger charge is -2.18. The van der Waals surface area contributed by atoms with Gasteiger partial charge in [0.2, 0.25) is 0 Å². The van der Waals surface area contributed by atoms with Crippen molar-refractivity contribution in [2.24, 2.45) is 0 Å². The minimum Gasteiger partial charge on any atom is -0.484 e. The summed E-state index contributed by atoms with van der Waals surface area (Å²) < 4.78 is 11.0. The van der Waals surface area contributed by atoms with Gasteiger partial charge >= 0.3 is 5.97 Å². The number of rotatable bonds is 10. The zero-order chi connectivity index (χ0) is 21.2. The number of hydrogen-bond donors (Lipinski definition) is 1. The lowest BCUT2D eigenvalue weighted by Crippen LogP contribution is -2.44. The molecule has 30 heavy (non-hydrogen) atoms. The van der Waals surface area contributed by atoms with Crippen LogP contribution in [0.1, 0.15) is 12.0 Å². The van der Waals surface area contributed by atoms with Crippen LogP contribution in [0.2, 0.25) is 0 Å². The van der Waals surface area contributed by atoms with E-state index in [1.165, 1.54) is 0 Å². The highest BCUT2D eigenvalue weighted by atomic mass is 32.2. The highest BCUT2D eigenvalue weighted by molar-refractivity contribution is 7.98. The lowest BCUT2D eigenvalue weighted by molar-refractivity contribution is -0.149. The number of esters is 1. The molecule has 5 nitrogen and oxygen atoms in total. The SMILES string of the molecule is CSCC[C@@H](NC(=O)COc1ccccc1)C(=O)OCc1cccc2ccccc12. The number of para-hydroxylation sites is 1. The number of benzene rings is 3. The molecule has 0 fully saturated rings. The molecular weight excluding hydrogens is 398 g/mol. The average Bonchev–Trinajstić information content (AvgIpc) is 2.79. The number of fused-ring (bicyclic) bond motifs is 1. The van der Waals surface area contributed by atoms with Crippen molar-refractivity contribution >= 4 is 34.4 Å². The van der Waals surface area contributed by atoms with Crippen LogP contribution in [-0.4, -0.2) is 36.5 Å². The Balaban J connectivity index is 1.58. The van der Waals surface area contributed by atoms with Crippen molar-refractivity contribution in [3.05, 3.63) is 78.4 Å². The molecule has 0 aromatic heterocycles. The van der Waals surface area contributed by atoms with E-state index in [2.05, 4.69) is 5.32 Å². The number of nitrogens with one attached hydrogen (secondary N) is 1. The van der Waals surface area contributed by atoms with E-state index in [-0.39, 0.29) is 19.1 Å². The molecule has 156 valence electrons. The molecule has 0 aliphatic heterocycles. The number of carbonyl (C=O) groups excluding carboxylic acids is 2. The zero-order valence-electron chi connectivity index (χ0n) is 16.9. The van der Waals surface area contributed by atoms with Crippen molar-refractivity contribution in [1.29, 1.82) is 0 Å². The van der Waals surface area contributed by atoms with Gasteiger partial charge < -0.3 is 14.8 Å². The predicted molar refractivity (Wildman–Crippen MR) is 121 cm³/mol. The topological polar surface area (TPSA) is 64.6 Å². The van der Waals surface area contributed by atoms with Crippen LogP contribution in [-0.2, 0) is 20.9 Å². The Bertz CT molecular complexity index is 972. The summed E-state index contributed by atoms with van der Waals surface area (Å²) in [5, 5.41) is 4.89. The van der Waals surface area contributed by atoms with E-state index >= 15 is 0 Å². The van der Waals surface area contributed by atoms with Crippen molar-refractivity contribution in [2.75, 3.05) is 18.6 Å². The predicted octanol–water partition coefficient (Wildman–Crippen LogP) is 4.20. The summed E-state index contributed by atoms with van der Waals surface area (Å²) in [6.07, 6.45) is 2.45. The summed E-state index contributed by atoms with van der Waals surface area (Å²) in [6, 6.07) is 22.3. The van der Waals surface area contributed by atoms with Crippen molar-refractivity contribution in [2.45, 2.75) is 19.1 Å². The molecule has 1 atom stereocenters. The van der Waals surface area contributed by atoms with Crippen molar-refractivity contribution in [3.63, 3.8) is 0 Å². The van der Waals surface area contributed by atoms with E-state index in [1.807, 2.05) is 66.9 Å². The van der Waals surface area contributed by atoms with E-state index in [0.29, 0.717) is 12.2 Å². The molecule has 0 aliphatic rings. The second kappa shape index (κ2) is 11.3. The van der Waals surface area contributed by atoms with E-state index in [4.69, 9.17) is 9.47 Å². The third-order valence-corrected chi connectivity index (χ3v) is 5.24. The maximum absolute atomic E-state index is 12.7. The van der Waals surface area contributed by atoms with E-state index in [1.54, 1.807) is 23.9 Å². The molecule has 3 aromatic carbocycles. The molecule has 0 aliphatic carbocycles. The van der Waals surface area contributed by atoms with Crippen LogP contribution in [0.5, 0.6) is 5.75 Å². The molecule has 6 heteroatoms. The van der Waals surface area contributed by atoms with Gasteiger partial charge in [-0.3, -0.25) is 4.79 Å². The second-order valence-corrected chi connectivity index (χ2v) is 7.73. The average molecular weight is 424 g/mol. The highest BCUT2D eigenvalue weighted by Gasteiger charge is 2.22. The van der Waals surface area contributed by atoms with E-state index in [0.717, 1.165) is 22.1 Å². The Labute approximate surface area is 180 Å². The second-order valence-electron chi connectivity index (χ2n) is 6.75. The quantitative estimate of drug-likeness (QED) is 0.495. The van der Waals surface area contributed by atoms with Crippen LogP contribution in [0, 0.1) is 0 Å². The summed E-state index contributed by atoms with van der Waals surface area (Å²) in [5.41, 5.74) is 0.934. The summed E-state index contributed by atoms with van der Waals surface area (Å²) in [5.74, 6) is 0.539. The summed E-state index contributed by atoms with van der Waals surface area (Å²) >= 11 is 1.61. The van der Waals surface area contributed by atoms with Gasteiger partial charge in [-0.05, 0) is 46.9 Å². The van der Waals surface area contributed by atoms with E-state index in [9.17, 15) is 9.59 Å². The molecule has 0 spiro atoms. The van der Waals surface area contributed by atoms with Crippen molar-refractivity contribution in [3.8, 4) is 5.75 Å². The number of amides is 1. The maximum atomic E-state index is 12.7. The molecule has 0 radical (unpaired) electrons. The van der Waals surface area contributed by atoms with Gasteiger partial charge in [0.1, 0.15) is 18.4 Å². The third-order valence-electron chi connectivity index (χ3n) is 4.59. The van der Waals surface area contributed by atoms with Crippen LogP contribution in [0.15, 0.2) is 72.8 Å². The zero-order valence-corrected chi connectivity index (χ0v) is 17.7. The van der Waals surface area contributed by atoms with Gasteiger partial charge in [-0.25, -0.2) is 4.79 Å². The Hall–Kier alpha value is -2.99. The number of ether oxygens (including phenoxy) is 2. The Kier molecular flexibility index (Phi) is 8.15. The molecule has 0 saturated carbocycles. The smallest absolute Gasteiger partial charge is 0.329 e. The summed E-state index contributed by atoms with van der Waals surface area (Å²) in [7, 11) is 0. The maximum Gasteiger partial charge on any atom is 0.329 e. The van der Waals surface area contributed by atoms with Crippen molar-refractivity contribution < 1.29 is 19.1 Å². The Morgan fingerprint density at radius 1 is 0.967 bits per heavy atom. The number of carbonyl (C=O) groups is 2. The van der Waals surface area contributed by atoms with Crippen molar-refractivity contribution in [1.82, 2.24) is 5.32 Å². The molecular formula is C24H25NO4S. The highest BCUT2D eigenvalue weighted by Crippen LogP contribution is 2.19. The number of hydrogen-bond acceptors (Lipinski definition) is 5. The molecule has 3 aromatic rings. The molecule has 1 amide bonds. The Morgan fingerprint density at radius 2 is 1.70 bits per heavy atom. The first-order valence-corrected chi connectivity index (χ1v) is 11.2. The van der Waals surface area contributed by atoms with Crippen LogP contribution < -0.4 is 10.1 Å². The van der Waals surface area contributed by atoms with Gasteiger partial charge in [0.15, 0.2) is 6.61 Å². The first-order chi connectivity index (χ1) is 14.7. The largest absolute Gasteiger partial charge is 0.484 e. The fourth-order valence-electron chi connectivity index (χ4n) is 3.05. The Morgan fingerprint density at radius 3 is 2.50 bits per heavy atom. The molecule has 0 saturated heterocycles. The standard InChI is InChI=1S/C24H25NO4S/c1-30-15-14-22(25-23(26)17-28-20-11-3-2-4-12-20)24(27)29-16-19-10-7-9-18-8-5-6-13-21(18)19/h2-13,22H,14-17H2,1H3,(H,25,26)/t22-/m1/s1. The molecule has 0 heterocycles.